The highest BCUT2D eigenvalue weighted by molar-refractivity contribution is 7.12. The summed E-state index contributed by atoms with van der Waals surface area (Å²) in [5.74, 6) is -0.00714. The van der Waals surface area contributed by atoms with Crippen LogP contribution in [-0.4, -0.2) is 57.7 Å². The molecule has 0 unspecified atom stereocenters. The summed E-state index contributed by atoms with van der Waals surface area (Å²) in [5.41, 5.74) is 1.93. The zero-order valence-corrected chi connectivity index (χ0v) is 17.9. The molecule has 1 atom stereocenters. The Morgan fingerprint density at radius 1 is 1.23 bits per heavy atom. The van der Waals surface area contributed by atoms with Crippen molar-refractivity contribution in [2.75, 3.05) is 13.1 Å². The molecule has 1 N–H and O–H groups in total. The number of amides is 3. The summed E-state index contributed by atoms with van der Waals surface area (Å²) in [6, 6.07) is 5.28. The number of hydrogen-bond donors (Lipinski definition) is 1. The fraction of sp³-hybridized carbons (Fsp3) is 0.455. The van der Waals surface area contributed by atoms with Crippen LogP contribution in [0.15, 0.2) is 36.0 Å². The summed E-state index contributed by atoms with van der Waals surface area (Å²) in [6.07, 6.45) is 5.77. The topological polar surface area (TPSA) is 82.6 Å². The maximum atomic E-state index is 12.8. The van der Waals surface area contributed by atoms with E-state index < -0.39 is 6.04 Å². The van der Waals surface area contributed by atoms with Gasteiger partial charge in [0.15, 0.2) is 0 Å². The Morgan fingerprint density at radius 3 is 2.70 bits per heavy atom. The van der Waals surface area contributed by atoms with E-state index in [4.69, 9.17) is 0 Å². The van der Waals surface area contributed by atoms with Gasteiger partial charge in [-0.3, -0.25) is 19.4 Å². The van der Waals surface area contributed by atoms with Crippen LogP contribution in [0.4, 0.5) is 0 Å². The molecule has 158 valence electrons. The minimum absolute atomic E-state index is 0.00243. The summed E-state index contributed by atoms with van der Waals surface area (Å²) >= 11 is 1.47. The zero-order chi connectivity index (χ0) is 21.1. The number of nitrogens with one attached hydrogen (secondary N) is 1. The average Bonchev–Trinajstić information content (AvgIpc) is 3.38. The van der Waals surface area contributed by atoms with Crippen LogP contribution in [0.5, 0.6) is 0 Å². The van der Waals surface area contributed by atoms with E-state index in [1.54, 1.807) is 17.3 Å². The number of nitrogens with zero attached hydrogens (tertiary/aromatic N) is 3. The van der Waals surface area contributed by atoms with Crippen molar-refractivity contribution >= 4 is 29.1 Å². The van der Waals surface area contributed by atoms with Crippen molar-refractivity contribution in [1.29, 1.82) is 0 Å². The largest absolute Gasteiger partial charge is 0.350 e. The molecule has 0 aliphatic carbocycles. The molecule has 0 saturated carbocycles. The fourth-order valence-corrected chi connectivity index (χ4v) is 5.20. The van der Waals surface area contributed by atoms with Gasteiger partial charge in [-0.25, -0.2) is 0 Å². The molecule has 2 fully saturated rings. The predicted molar refractivity (Wildman–Crippen MR) is 114 cm³/mol. The minimum Gasteiger partial charge on any atom is -0.350 e. The maximum absolute atomic E-state index is 12.8. The number of aromatic nitrogens is 1. The molecular formula is C22H26N4O3S. The number of thiophene rings is 1. The number of hydrogen-bond acceptors (Lipinski definition) is 5. The van der Waals surface area contributed by atoms with Gasteiger partial charge in [0.05, 0.1) is 4.88 Å². The van der Waals surface area contributed by atoms with Crippen LogP contribution in [0.25, 0.3) is 0 Å². The lowest BCUT2D eigenvalue weighted by Gasteiger charge is -2.39. The molecule has 0 aromatic carbocycles. The molecule has 30 heavy (non-hydrogen) atoms. The highest BCUT2D eigenvalue weighted by Crippen LogP contribution is 2.28. The number of aryl methyl sites for hydroxylation is 1. The molecule has 8 heteroatoms. The van der Waals surface area contributed by atoms with Crippen LogP contribution in [0.3, 0.4) is 0 Å². The quantitative estimate of drug-likeness (QED) is 0.796. The summed E-state index contributed by atoms with van der Waals surface area (Å²) in [6.45, 7) is 3.57. The third-order valence-corrected chi connectivity index (χ3v) is 6.95. The smallest absolute Gasteiger partial charge is 0.264 e. The van der Waals surface area contributed by atoms with E-state index in [1.165, 1.54) is 11.3 Å². The van der Waals surface area contributed by atoms with Crippen molar-refractivity contribution in [3.05, 3.63) is 52.0 Å². The monoisotopic (exact) mass is 426 g/mol. The van der Waals surface area contributed by atoms with E-state index in [0.29, 0.717) is 45.3 Å². The highest BCUT2D eigenvalue weighted by Gasteiger charge is 2.41. The highest BCUT2D eigenvalue weighted by atomic mass is 32.1. The van der Waals surface area contributed by atoms with Crippen molar-refractivity contribution in [2.45, 2.75) is 51.2 Å². The molecular weight excluding hydrogens is 400 g/mol. The number of carbonyl (C=O) groups excluding carboxylic acids is 3. The fourth-order valence-electron chi connectivity index (χ4n) is 4.31. The lowest BCUT2D eigenvalue weighted by atomic mass is 10.0. The van der Waals surface area contributed by atoms with E-state index >= 15 is 0 Å². The van der Waals surface area contributed by atoms with Crippen molar-refractivity contribution in [3.8, 4) is 0 Å². The van der Waals surface area contributed by atoms with Gasteiger partial charge < -0.3 is 15.1 Å². The molecule has 4 heterocycles. The molecule has 0 radical (unpaired) electrons. The van der Waals surface area contributed by atoms with Gasteiger partial charge in [0, 0.05) is 44.5 Å². The Labute approximate surface area is 180 Å². The Morgan fingerprint density at radius 2 is 2.03 bits per heavy atom. The maximum Gasteiger partial charge on any atom is 0.264 e. The van der Waals surface area contributed by atoms with Crippen LogP contribution in [0, 0.1) is 6.92 Å². The van der Waals surface area contributed by atoms with Crippen LogP contribution in [0.1, 0.15) is 46.5 Å². The molecule has 2 aromatic heterocycles. The van der Waals surface area contributed by atoms with E-state index in [-0.39, 0.29) is 23.8 Å². The number of piperidine rings is 1. The van der Waals surface area contributed by atoms with Crippen molar-refractivity contribution in [1.82, 2.24) is 20.1 Å². The molecule has 2 aromatic rings. The first-order chi connectivity index (χ1) is 14.5. The number of carbonyl (C=O) groups is 3. The molecule has 3 amide bonds. The number of pyridine rings is 1. The Kier molecular flexibility index (Phi) is 6.13. The zero-order valence-electron chi connectivity index (χ0n) is 17.0. The van der Waals surface area contributed by atoms with E-state index in [0.717, 1.165) is 16.0 Å². The second-order valence-electron chi connectivity index (χ2n) is 7.89. The van der Waals surface area contributed by atoms with Gasteiger partial charge in [0.2, 0.25) is 11.8 Å². The third-order valence-electron chi connectivity index (χ3n) is 5.95. The lowest BCUT2D eigenvalue weighted by molar-refractivity contribution is -0.138. The number of rotatable bonds is 5. The molecule has 7 nitrogen and oxygen atoms in total. The predicted octanol–water partition coefficient (Wildman–Crippen LogP) is 2.36. The van der Waals surface area contributed by atoms with Gasteiger partial charge in [-0.15, -0.1) is 11.3 Å². The van der Waals surface area contributed by atoms with Crippen molar-refractivity contribution in [3.63, 3.8) is 0 Å². The first-order valence-corrected chi connectivity index (χ1v) is 11.2. The molecule has 4 rings (SSSR count). The van der Waals surface area contributed by atoms with Crippen molar-refractivity contribution < 1.29 is 14.4 Å². The Balaban J connectivity index is 1.35. The summed E-state index contributed by atoms with van der Waals surface area (Å²) in [4.78, 5) is 46.6. The molecule has 2 aliphatic rings. The molecule has 0 bridgehead atoms. The van der Waals surface area contributed by atoms with Crippen LogP contribution < -0.4 is 5.32 Å². The Hall–Kier alpha value is -2.74. The van der Waals surface area contributed by atoms with E-state index in [2.05, 4.69) is 10.3 Å². The van der Waals surface area contributed by atoms with Gasteiger partial charge in [-0.1, -0.05) is 6.07 Å². The Bertz CT molecular complexity index is 921. The first kappa shape index (κ1) is 20.5. The van der Waals surface area contributed by atoms with E-state index in [9.17, 15) is 14.4 Å². The van der Waals surface area contributed by atoms with Gasteiger partial charge >= 0.3 is 0 Å². The van der Waals surface area contributed by atoms with Gasteiger partial charge in [-0.2, -0.15) is 0 Å². The summed E-state index contributed by atoms with van der Waals surface area (Å²) in [5, 5.41) is 4.88. The third kappa shape index (κ3) is 4.23. The summed E-state index contributed by atoms with van der Waals surface area (Å²) in [7, 11) is 0. The second kappa shape index (κ2) is 8.95. The van der Waals surface area contributed by atoms with Gasteiger partial charge in [-0.05, 0) is 54.8 Å². The van der Waals surface area contributed by atoms with E-state index in [1.807, 2.05) is 35.4 Å². The van der Waals surface area contributed by atoms with Crippen LogP contribution in [0.2, 0.25) is 0 Å². The van der Waals surface area contributed by atoms with Crippen molar-refractivity contribution in [2.24, 2.45) is 0 Å². The van der Waals surface area contributed by atoms with Gasteiger partial charge in [0.25, 0.3) is 5.91 Å². The lowest BCUT2D eigenvalue weighted by Crippen LogP contribution is -2.53. The molecule has 0 spiro atoms. The number of likely N-dealkylation sites (tertiary alicyclic amines) is 2. The molecule has 2 aliphatic heterocycles. The normalized spacial score (nSPS) is 19.9. The van der Waals surface area contributed by atoms with Crippen LogP contribution >= 0.6 is 11.3 Å². The second-order valence-corrected chi connectivity index (χ2v) is 8.81. The van der Waals surface area contributed by atoms with Gasteiger partial charge in [0.1, 0.15) is 6.04 Å². The average molecular weight is 427 g/mol. The minimum atomic E-state index is -0.430. The first-order valence-electron chi connectivity index (χ1n) is 10.4. The molecule has 2 saturated heterocycles. The van der Waals surface area contributed by atoms with Crippen LogP contribution in [-0.2, 0) is 16.1 Å². The SMILES string of the molecule is Cc1ccsc1C(=O)N1CCC(N2C(=O)CC[C@H]2C(=O)NCc2cccnc2)CC1. The standard InChI is InChI=1S/C22H26N4O3S/c1-15-8-12-30-20(15)22(29)25-10-6-17(7-11-25)26-18(4-5-19(26)27)21(28)24-14-16-3-2-9-23-13-16/h2-3,8-9,12-13,17-18H,4-7,10-11,14H2,1H3,(H,24,28)/t18-/m0/s1. The summed E-state index contributed by atoms with van der Waals surface area (Å²) < 4.78 is 0.